The van der Waals surface area contributed by atoms with Gasteiger partial charge in [-0.2, -0.15) is 10.5 Å². The molecule has 2 aromatic rings. The maximum absolute atomic E-state index is 13.5. The Balaban J connectivity index is 1.94. The van der Waals surface area contributed by atoms with Gasteiger partial charge >= 0.3 is 0 Å². The molecule has 0 saturated heterocycles. The number of hydrogen-bond acceptors (Lipinski definition) is 9. The molecule has 1 atom stereocenters. The van der Waals surface area contributed by atoms with Gasteiger partial charge in [0.05, 0.1) is 29.4 Å². The summed E-state index contributed by atoms with van der Waals surface area (Å²) in [7, 11) is 0. The van der Waals surface area contributed by atoms with Crippen molar-refractivity contribution in [1.82, 2.24) is 10.2 Å². The predicted molar refractivity (Wildman–Crippen MR) is 125 cm³/mol. The summed E-state index contributed by atoms with van der Waals surface area (Å²) in [4.78, 5) is 15.2. The topological polar surface area (TPSA) is 120 Å². The minimum atomic E-state index is -0.503. The molecule has 0 spiro atoms. The molecule has 0 radical (unpaired) electrons. The molecule has 1 unspecified atom stereocenters. The zero-order chi connectivity index (χ0) is 23.0. The normalized spacial score (nSPS) is 20.1. The van der Waals surface area contributed by atoms with Crippen LogP contribution in [-0.2, 0) is 4.79 Å². The van der Waals surface area contributed by atoms with E-state index >= 15 is 0 Å². The van der Waals surface area contributed by atoms with E-state index in [2.05, 4.69) is 36.2 Å². The maximum Gasteiger partial charge on any atom is 0.219 e. The van der Waals surface area contributed by atoms with Crippen LogP contribution in [0.15, 0.2) is 51.3 Å². The third-order valence-electron chi connectivity index (χ3n) is 5.73. The van der Waals surface area contributed by atoms with Crippen molar-refractivity contribution in [3.8, 4) is 12.1 Å². The van der Waals surface area contributed by atoms with Crippen LogP contribution in [0.1, 0.15) is 43.7 Å². The highest BCUT2D eigenvalue weighted by atomic mass is 32.2. The number of nitrogens with zero attached hydrogens (tertiary/aromatic N) is 5. The summed E-state index contributed by atoms with van der Waals surface area (Å²) in [6.45, 7) is 6.10. The lowest BCUT2D eigenvalue weighted by Gasteiger charge is -2.42. The molecule has 2 heterocycles. The number of anilines is 1. The van der Waals surface area contributed by atoms with Crippen LogP contribution in [0, 0.1) is 35.0 Å². The average molecular weight is 463 g/mol. The van der Waals surface area contributed by atoms with Gasteiger partial charge < -0.3 is 5.73 Å². The largest absolute Gasteiger partial charge is 0.384 e. The Labute approximate surface area is 195 Å². The molecule has 0 fully saturated rings. The first kappa shape index (κ1) is 22.1. The number of aromatic nitrogens is 2. The fourth-order valence-corrected chi connectivity index (χ4v) is 5.94. The summed E-state index contributed by atoms with van der Waals surface area (Å²) in [5, 5.41) is 27.9. The molecule has 1 aromatic heterocycles. The first-order valence-electron chi connectivity index (χ1n) is 10.1. The molecule has 32 heavy (non-hydrogen) atoms. The summed E-state index contributed by atoms with van der Waals surface area (Å²) in [6.07, 6.45) is 1.02. The molecule has 1 aromatic carbocycles. The summed E-state index contributed by atoms with van der Waals surface area (Å²) in [5.74, 6) is 0.0610. The number of Topliss-reactive ketones (excluding diaryl/α,β-unsaturated/α-hetero) is 1. The molecule has 4 rings (SSSR count). The molecule has 2 aliphatic rings. The van der Waals surface area contributed by atoms with E-state index in [1.807, 2.05) is 31.2 Å². The maximum atomic E-state index is 13.5. The van der Waals surface area contributed by atoms with Gasteiger partial charge in [-0.05, 0) is 29.9 Å². The quantitative estimate of drug-likeness (QED) is 0.664. The number of allylic oxidation sites excluding steroid dienone is 3. The first-order chi connectivity index (χ1) is 15.3. The summed E-state index contributed by atoms with van der Waals surface area (Å²) in [5.41, 5.74) is 10.0. The van der Waals surface area contributed by atoms with Gasteiger partial charge in [-0.1, -0.05) is 61.2 Å². The third-order valence-corrected chi connectivity index (χ3v) is 7.64. The number of carbonyl (C=O) groups is 1. The van der Waals surface area contributed by atoms with Crippen molar-refractivity contribution in [2.24, 2.45) is 11.1 Å². The summed E-state index contributed by atoms with van der Waals surface area (Å²) >= 11 is 2.59. The van der Waals surface area contributed by atoms with Crippen molar-refractivity contribution >= 4 is 34.0 Å². The van der Waals surface area contributed by atoms with Gasteiger partial charge in [0, 0.05) is 17.7 Å². The van der Waals surface area contributed by atoms with Crippen molar-refractivity contribution in [3.05, 3.63) is 58.1 Å². The molecular formula is C23H22N6OS2. The van der Waals surface area contributed by atoms with E-state index in [0.717, 1.165) is 16.8 Å². The lowest BCUT2D eigenvalue weighted by molar-refractivity contribution is -0.118. The Morgan fingerprint density at radius 2 is 2.03 bits per heavy atom. The van der Waals surface area contributed by atoms with Gasteiger partial charge in [-0.3, -0.25) is 9.69 Å². The SMILES string of the molecule is Cc1ccccc1C1C(C#N)=C(N)N(c2nnc(SCC#N)s2)C2=C1C(=O)CC(C)(C)C2. The molecule has 7 nitrogen and oxygen atoms in total. The third kappa shape index (κ3) is 3.79. The van der Waals surface area contributed by atoms with Crippen molar-refractivity contribution in [1.29, 1.82) is 10.5 Å². The second kappa shape index (κ2) is 8.42. The summed E-state index contributed by atoms with van der Waals surface area (Å²) < 4.78 is 0.637. The van der Waals surface area contributed by atoms with Crippen LogP contribution in [0.3, 0.4) is 0 Å². The van der Waals surface area contributed by atoms with Crippen molar-refractivity contribution < 1.29 is 4.79 Å². The average Bonchev–Trinajstić information content (AvgIpc) is 3.19. The van der Waals surface area contributed by atoms with E-state index in [9.17, 15) is 10.1 Å². The van der Waals surface area contributed by atoms with Crippen LogP contribution < -0.4 is 10.6 Å². The van der Waals surface area contributed by atoms with Gasteiger partial charge in [0.1, 0.15) is 5.82 Å². The number of ketones is 1. The van der Waals surface area contributed by atoms with Gasteiger partial charge in [0.25, 0.3) is 0 Å². The molecule has 9 heteroatoms. The van der Waals surface area contributed by atoms with Crippen LogP contribution in [0.4, 0.5) is 5.13 Å². The highest BCUT2D eigenvalue weighted by molar-refractivity contribution is 8.01. The van der Waals surface area contributed by atoms with Gasteiger partial charge in [-0.15, -0.1) is 10.2 Å². The standard InChI is InChI=1S/C23H22N6OS2/c1-13-6-4-5-7-14(13)18-15(12-25)20(26)29(21-27-28-22(32-21)31-9-8-24)16-10-23(2,3)11-17(30)19(16)18/h4-7,18H,9-11,26H2,1-3H3. The number of nitriles is 2. The second-order valence-electron chi connectivity index (χ2n) is 8.63. The minimum absolute atomic E-state index is 0.0262. The highest BCUT2D eigenvalue weighted by Gasteiger charge is 2.45. The van der Waals surface area contributed by atoms with Crippen LogP contribution in [0.2, 0.25) is 0 Å². The molecule has 1 aliphatic carbocycles. The zero-order valence-corrected chi connectivity index (χ0v) is 19.7. The van der Waals surface area contributed by atoms with Crippen LogP contribution in [-0.4, -0.2) is 21.7 Å². The van der Waals surface area contributed by atoms with Gasteiger partial charge in [-0.25, -0.2) is 0 Å². The molecule has 162 valence electrons. The minimum Gasteiger partial charge on any atom is -0.384 e. The van der Waals surface area contributed by atoms with E-state index < -0.39 is 5.92 Å². The van der Waals surface area contributed by atoms with Gasteiger partial charge in [0.2, 0.25) is 5.13 Å². The van der Waals surface area contributed by atoms with Crippen molar-refractivity contribution in [3.63, 3.8) is 0 Å². The number of nitrogens with two attached hydrogens (primary N) is 1. The molecular weight excluding hydrogens is 440 g/mol. The van der Waals surface area contributed by atoms with Crippen molar-refractivity contribution in [2.45, 2.75) is 43.9 Å². The Kier molecular flexibility index (Phi) is 5.81. The second-order valence-corrected chi connectivity index (χ2v) is 10.8. The molecule has 0 amide bonds. The lowest BCUT2D eigenvalue weighted by atomic mass is 9.68. The highest BCUT2D eigenvalue weighted by Crippen LogP contribution is 2.51. The van der Waals surface area contributed by atoms with E-state index in [1.54, 1.807) is 4.90 Å². The van der Waals surface area contributed by atoms with Crippen LogP contribution in [0.25, 0.3) is 0 Å². The molecule has 2 N–H and O–H groups in total. The van der Waals surface area contributed by atoms with Gasteiger partial charge in [0.15, 0.2) is 10.1 Å². The number of thioether (sulfide) groups is 1. The number of hydrogen-bond donors (Lipinski definition) is 1. The van der Waals surface area contributed by atoms with Crippen LogP contribution in [0.5, 0.6) is 0 Å². The fourth-order valence-electron chi connectivity index (χ4n) is 4.39. The molecule has 0 saturated carbocycles. The van der Waals surface area contributed by atoms with E-state index in [0.29, 0.717) is 33.5 Å². The number of rotatable bonds is 4. The predicted octanol–water partition coefficient (Wildman–Crippen LogP) is 4.40. The number of benzene rings is 1. The molecule has 1 aliphatic heterocycles. The monoisotopic (exact) mass is 462 g/mol. The lowest BCUT2D eigenvalue weighted by Crippen LogP contribution is -2.42. The Bertz CT molecular complexity index is 1240. The Morgan fingerprint density at radius 1 is 1.28 bits per heavy atom. The Morgan fingerprint density at radius 3 is 2.72 bits per heavy atom. The number of carbonyl (C=O) groups excluding carboxylic acids is 1. The van der Waals surface area contributed by atoms with E-state index in [1.165, 1.54) is 23.1 Å². The summed E-state index contributed by atoms with van der Waals surface area (Å²) in [6, 6.07) is 12.2. The molecule has 0 bridgehead atoms. The Hall–Kier alpha value is -3.14. The number of aryl methyl sites for hydroxylation is 1. The first-order valence-corrected chi connectivity index (χ1v) is 11.9. The van der Waals surface area contributed by atoms with Crippen molar-refractivity contribution in [2.75, 3.05) is 10.7 Å². The zero-order valence-electron chi connectivity index (χ0n) is 18.0. The fraction of sp³-hybridized carbons (Fsp3) is 0.348. The van der Waals surface area contributed by atoms with E-state index in [-0.39, 0.29) is 22.8 Å². The van der Waals surface area contributed by atoms with Crippen LogP contribution >= 0.6 is 23.1 Å². The van der Waals surface area contributed by atoms with E-state index in [4.69, 9.17) is 11.0 Å². The smallest absolute Gasteiger partial charge is 0.219 e.